The van der Waals surface area contributed by atoms with E-state index < -0.39 is 7.60 Å². The van der Waals surface area contributed by atoms with E-state index in [1.807, 2.05) is 0 Å². The van der Waals surface area contributed by atoms with E-state index in [1.165, 1.54) is 6.42 Å². The van der Waals surface area contributed by atoms with Gasteiger partial charge in [0.05, 0.1) is 19.8 Å². The smallest absolute Gasteiger partial charge is 0.367 e. The second kappa shape index (κ2) is 7.93. The SMILES string of the molecule is CCOP(=O)(OCC)C(=C=C1CCCCC1)CO. The Morgan fingerprint density at radius 2 is 1.78 bits per heavy atom. The molecule has 0 aromatic heterocycles. The first-order chi connectivity index (χ1) is 8.66. The minimum Gasteiger partial charge on any atom is -0.391 e. The molecule has 0 aromatic rings. The predicted molar refractivity (Wildman–Crippen MR) is 71.6 cm³/mol. The molecule has 1 aliphatic rings. The lowest BCUT2D eigenvalue weighted by Gasteiger charge is -2.18. The number of aliphatic hydroxyl groups is 1. The number of aliphatic hydroxyl groups excluding tert-OH is 1. The lowest BCUT2D eigenvalue weighted by molar-refractivity contribution is 0.220. The van der Waals surface area contributed by atoms with Crippen LogP contribution in [0, 0.1) is 0 Å². The zero-order valence-electron chi connectivity index (χ0n) is 11.3. The van der Waals surface area contributed by atoms with Gasteiger partial charge >= 0.3 is 7.60 Å². The molecule has 0 saturated heterocycles. The standard InChI is InChI=1S/C13H23O4P/c1-3-16-18(15,17-4-2)13(11-14)10-12-8-6-5-7-9-12/h14H,3-9,11H2,1-2H3. The molecule has 0 aliphatic heterocycles. The van der Waals surface area contributed by atoms with Crippen molar-refractivity contribution in [1.82, 2.24) is 0 Å². The molecule has 18 heavy (non-hydrogen) atoms. The van der Waals surface area contributed by atoms with E-state index >= 15 is 0 Å². The van der Waals surface area contributed by atoms with Gasteiger partial charge in [0.2, 0.25) is 0 Å². The van der Waals surface area contributed by atoms with Crippen molar-refractivity contribution >= 4 is 7.60 Å². The fourth-order valence-corrected chi connectivity index (χ4v) is 3.57. The molecule has 1 rings (SSSR count). The van der Waals surface area contributed by atoms with Crippen molar-refractivity contribution in [3.63, 3.8) is 0 Å². The summed E-state index contributed by atoms with van der Waals surface area (Å²) in [5, 5.41) is 9.67. The number of rotatable bonds is 6. The minimum atomic E-state index is -3.36. The predicted octanol–water partition coefficient (Wildman–Crippen LogP) is 3.62. The zero-order valence-corrected chi connectivity index (χ0v) is 12.2. The Bertz CT molecular complexity index is 351. The van der Waals surface area contributed by atoms with Crippen molar-refractivity contribution in [3.8, 4) is 0 Å². The third-order valence-corrected chi connectivity index (χ3v) is 4.97. The van der Waals surface area contributed by atoms with Crippen molar-refractivity contribution in [2.45, 2.75) is 46.0 Å². The van der Waals surface area contributed by atoms with Crippen LogP contribution in [0.1, 0.15) is 46.0 Å². The largest absolute Gasteiger partial charge is 0.391 e. The summed E-state index contributed by atoms with van der Waals surface area (Å²) in [4.78, 5) is 0. The summed E-state index contributed by atoms with van der Waals surface area (Å²) in [6, 6.07) is 0. The van der Waals surface area contributed by atoms with E-state index in [1.54, 1.807) is 13.8 Å². The molecule has 0 unspecified atom stereocenters. The molecule has 0 aromatic carbocycles. The van der Waals surface area contributed by atoms with Gasteiger partial charge in [0, 0.05) is 0 Å². The molecule has 5 heteroatoms. The second-order valence-electron chi connectivity index (χ2n) is 4.23. The molecule has 0 spiro atoms. The third-order valence-electron chi connectivity index (χ3n) is 2.86. The topological polar surface area (TPSA) is 55.8 Å². The summed E-state index contributed by atoms with van der Waals surface area (Å²) in [7, 11) is -3.36. The van der Waals surface area contributed by atoms with Crippen LogP contribution < -0.4 is 0 Å². The first kappa shape index (κ1) is 15.7. The number of hydrogen-bond acceptors (Lipinski definition) is 4. The summed E-state index contributed by atoms with van der Waals surface area (Å²) in [5.74, 6) is 0. The summed E-state index contributed by atoms with van der Waals surface area (Å²) in [6.45, 7) is 3.76. The van der Waals surface area contributed by atoms with Gasteiger partial charge in [-0.1, -0.05) is 6.42 Å². The van der Waals surface area contributed by atoms with Crippen molar-refractivity contribution in [3.05, 3.63) is 16.6 Å². The maximum absolute atomic E-state index is 12.5. The van der Waals surface area contributed by atoms with Crippen LogP contribution in [0.3, 0.4) is 0 Å². The molecule has 0 atom stereocenters. The van der Waals surface area contributed by atoms with Gasteiger partial charge in [-0.3, -0.25) is 4.57 Å². The first-order valence-electron chi connectivity index (χ1n) is 6.64. The second-order valence-corrected chi connectivity index (χ2v) is 6.28. The van der Waals surface area contributed by atoms with E-state index in [9.17, 15) is 9.67 Å². The van der Waals surface area contributed by atoms with Gasteiger partial charge in [0.25, 0.3) is 0 Å². The highest BCUT2D eigenvalue weighted by Crippen LogP contribution is 2.55. The molecule has 104 valence electrons. The number of hydrogen-bond donors (Lipinski definition) is 1. The maximum atomic E-state index is 12.5. The molecular formula is C13H23O4P. The highest BCUT2D eigenvalue weighted by molar-refractivity contribution is 7.58. The van der Waals surface area contributed by atoms with Gasteiger partial charge in [0.15, 0.2) is 0 Å². The molecule has 1 aliphatic carbocycles. The first-order valence-corrected chi connectivity index (χ1v) is 8.18. The van der Waals surface area contributed by atoms with E-state index in [2.05, 4.69) is 5.73 Å². The van der Waals surface area contributed by atoms with E-state index in [-0.39, 0.29) is 25.1 Å². The normalized spacial score (nSPS) is 16.5. The van der Waals surface area contributed by atoms with Crippen LogP contribution in [-0.4, -0.2) is 24.9 Å². The van der Waals surface area contributed by atoms with Crippen LogP contribution in [0.4, 0.5) is 0 Å². The van der Waals surface area contributed by atoms with Crippen LogP contribution in [0.2, 0.25) is 0 Å². The lowest BCUT2D eigenvalue weighted by atomic mass is 9.96. The van der Waals surface area contributed by atoms with Crippen LogP contribution in [0.25, 0.3) is 0 Å². The maximum Gasteiger partial charge on any atom is 0.367 e. The van der Waals surface area contributed by atoms with Crippen molar-refractivity contribution in [2.75, 3.05) is 19.8 Å². The van der Waals surface area contributed by atoms with Gasteiger partial charge in [-0.2, -0.15) is 0 Å². The Kier molecular flexibility index (Phi) is 6.91. The Morgan fingerprint density at radius 1 is 1.22 bits per heavy atom. The van der Waals surface area contributed by atoms with E-state index in [4.69, 9.17) is 9.05 Å². The van der Waals surface area contributed by atoms with Crippen LogP contribution in [0.15, 0.2) is 16.6 Å². The highest BCUT2D eigenvalue weighted by atomic mass is 31.2. The molecule has 0 amide bonds. The molecule has 0 radical (unpaired) electrons. The molecular weight excluding hydrogens is 251 g/mol. The monoisotopic (exact) mass is 274 g/mol. The molecule has 0 bridgehead atoms. The van der Waals surface area contributed by atoms with Gasteiger partial charge in [-0.05, 0) is 45.1 Å². The fourth-order valence-electron chi connectivity index (χ4n) is 2.04. The quantitative estimate of drug-likeness (QED) is 0.593. The van der Waals surface area contributed by atoms with Gasteiger partial charge in [-0.25, -0.2) is 0 Å². The van der Waals surface area contributed by atoms with Crippen molar-refractivity contribution in [1.29, 1.82) is 0 Å². The minimum absolute atomic E-state index is 0.267. The third kappa shape index (κ3) is 4.38. The van der Waals surface area contributed by atoms with Crippen molar-refractivity contribution in [2.24, 2.45) is 0 Å². The summed E-state index contributed by atoms with van der Waals surface area (Å²) in [5.41, 5.74) is 4.20. The molecule has 4 nitrogen and oxygen atoms in total. The van der Waals surface area contributed by atoms with Crippen molar-refractivity contribution < 1.29 is 18.7 Å². The van der Waals surface area contributed by atoms with Crippen LogP contribution in [0.5, 0.6) is 0 Å². The Hall–Kier alpha value is -0.370. The molecule has 1 saturated carbocycles. The average molecular weight is 274 g/mol. The van der Waals surface area contributed by atoms with Gasteiger partial charge in [-0.15, -0.1) is 5.73 Å². The summed E-state index contributed by atoms with van der Waals surface area (Å²) < 4.78 is 23.0. The van der Waals surface area contributed by atoms with Crippen LogP contribution >= 0.6 is 7.60 Å². The van der Waals surface area contributed by atoms with E-state index in [0.29, 0.717) is 0 Å². The molecule has 1 fully saturated rings. The van der Waals surface area contributed by atoms with Gasteiger partial charge < -0.3 is 14.2 Å². The van der Waals surface area contributed by atoms with Gasteiger partial charge in [0.1, 0.15) is 5.31 Å². The average Bonchev–Trinajstić information content (AvgIpc) is 2.37. The fraction of sp³-hybridized carbons (Fsp3) is 0.769. The Morgan fingerprint density at radius 3 is 2.22 bits per heavy atom. The zero-order chi connectivity index (χ0) is 13.4. The molecule has 1 N–H and O–H groups in total. The highest BCUT2D eigenvalue weighted by Gasteiger charge is 2.29. The Balaban J connectivity index is 3.04. The van der Waals surface area contributed by atoms with E-state index in [0.717, 1.165) is 31.3 Å². The Labute approximate surface area is 109 Å². The molecule has 0 heterocycles. The van der Waals surface area contributed by atoms with Crippen LogP contribution in [-0.2, 0) is 13.6 Å². The summed E-state index contributed by atoms with van der Waals surface area (Å²) in [6.07, 6.45) is 5.42. The summed E-state index contributed by atoms with van der Waals surface area (Å²) >= 11 is 0. The lowest BCUT2D eigenvalue weighted by Crippen LogP contribution is -2.02.